The fourth-order valence-electron chi connectivity index (χ4n) is 0.249. The van der Waals surface area contributed by atoms with Crippen LogP contribution in [0.3, 0.4) is 0 Å². The second-order valence-electron chi connectivity index (χ2n) is 0.923. The molecular formula is C4H9N2S+. The largest absolute Gasteiger partial charge is 0.390 e. The maximum atomic E-state index is 3.83. The molecule has 0 atom stereocenters. The van der Waals surface area contributed by atoms with Crippen molar-refractivity contribution in [3.05, 3.63) is 0 Å². The van der Waals surface area contributed by atoms with Crippen molar-refractivity contribution in [1.29, 1.82) is 0 Å². The van der Waals surface area contributed by atoms with E-state index in [9.17, 15) is 0 Å². The van der Waals surface area contributed by atoms with Crippen molar-refractivity contribution in [2.24, 2.45) is 4.99 Å². The van der Waals surface area contributed by atoms with Crippen LogP contribution in [0.25, 0.3) is 0 Å². The number of amidine groups is 1. The van der Waals surface area contributed by atoms with Gasteiger partial charge in [-0.3, -0.25) is 0 Å². The van der Waals surface area contributed by atoms with Gasteiger partial charge in [0.15, 0.2) is 5.87 Å². The molecule has 0 fully saturated rings. The summed E-state index contributed by atoms with van der Waals surface area (Å²) in [5, 5.41) is 3.71. The van der Waals surface area contributed by atoms with Crippen molar-refractivity contribution >= 4 is 22.4 Å². The first-order chi connectivity index (χ1) is 3.35. The van der Waals surface area contributed by atoms with Crippen molar-refractivity contribution in [3.8, 4) is 0 Å². The summed E-state index contributed by atoms with van der Waals surface area (Å²) in [6.07, 6.45) is 0. The van der Waals surface area contributed by atoms with Crippen LogP contribution in [0.1, 0.15) is 0 Å². The molecule has 0 spiro atoms. The standard InChI is InChI=1S/C4H9N2S/c1-5-4(6-2)7-3/h3H2,1-2H3,(H,5,6)/q+1. The van der Waals surface area contributed by atoms with Gasteiger partial charge in [-0.2, -0.15) is 0 Å². The summed E-state index contributed by atoms with van der Waals surface area (Å²) in [6.45, 7) is 0. The fraction of sp³-hybridized carbons (Fsp3) is 0.500. The van der Waals surface area contributed by atoms with Crippen molar-refractivity contribution < 1.29 is 0 Å². The Labute approximate surface area is 47.6 Å². The minimum absolute atomic E-state index is 0.861. The van der Waals surface area contributed by atoms with E-state index in [-0.39, 0.29) is 0 Å². The zero-order chi connectivity index (χ0) is 5.70. The molecule has 0 unspecified atom stereocenters. The Morgan fingerprint density at radius 1 is 1.86 bits per heavy atom. The third-order valence-corrected chi connectivity index (χ3v) is 1.21. The molecule has 3 heteroatoms. The molecule has 0 bridgehead atoms. The predicted octanol–water partition coefficient (Wildman–Crippen LogP) is -0.294. The molecule has 7 heavy (non-hydrogen) atoms. The lowest BCUT2D eigenvalue weighted by Crippen LogP contribution is -2.15. The van der Waals surface area contributed by atoms with Gasteiger partial charge in [0.1, 0.15) is 0 Å². The zero-order valence-corrected chi connectivity index (χ0v) is 5.38. The van der Waals surface area contributed by atoms with Crippen LogP contribution in [0.4, 0.5) is 0 Å². The average Bonchev–Trinajstić information content (AvgIpc) is 1.72. The van der Waals surface area contributed by atoms with Crippen LogP contribution in [0.2, 0.25) is 0 Å². The van der Waals surface area contributed by atoms with Gasteiger partial charge in [0.25, 0.3) is 11.4 Å². The summed E-state index contributed by atoms with van der Waals surface area (Å²) in [4.78, 5) is 3.83. The summed E-state index contributed by atoms with van der Waals surface area (Å²) in [7, 11) is 3.55. The first-order valence-electron chi connectivity index (χ1n) is 1.91. The van der Waals surface area contributed by atoms with Crippen molar-refractivity contribution in [3.63, 3.8) is 0 Å². The van der Waals surface area contributed by atoms with Crippen LogP contribution >= 0.6 is 0 Å². The van der Waals surface area contributed by atoms with E-state index >= 15 is 0 Å². The summed E-state index contributed by atoms with van der Waals surface area (Å²) in [6, 6.07) is 0. The molecular weight excluding hydrogens is 108 g/mol. The monoisotopic (exact) mass is 117 g/mol. The third-order valence-electron chi connectivity index (χ3n) is 0.554. The molecule has 2 nitrogen and oxygen atoms in total. The SMILES string of the molecule is C=[S+]C(=NC)NC. The Kier molecular flexibility index (Phi) is 3.50. The first-order valence-corrected chi connectivity index (χ1v) is 2.90. The van der Waals surface area contributed by atoms with Gasteiger partial charge in [-0.05, 0) is 0 Å². The minimum atomic E-state index is 0.861. The van der Waals surface area contributed by atoms with Gasteiger partial charge >= 0.3 is 5.17 Å². The van der Waals surface area contributed by atoms with Crippen LogP contribution in [0, 0.1) is 0 Å². The highest BCUT2D eigenvalue weighted by Crippen LogP contribution is 1.61. The highest BCUT2D eigenvalue weighted by molar-refractivity contribution is 7.92. The van der Waals surface area contributed by atoms with Gasteiger partial charge in [0.2, 0.25) is 0 Å². The van der Waals surface area contributed by atoms with E-state index in [0.29, 0.717) is 0 Å². The van der Waals surface area contributed by atoms with Crippen LogP contribution < -0.4 is 5.32 Å². The van der Waals surface area contributed by atoms with Crippen LogP contribution in [-0.2, 0) is 11.4 Å². The molecule has 0 amide bonds. The Balaban J connectivity index is 3.60. The zero-order valence-electron chi connectivity index (χ0n) is 4.56. The van der Waals surface area contributed by atoms with Crippen LogP contribution in [0.15, 0.2) is 4.99 Å². The summed E-state index contributed by atoms with van der Waals surface area (Å²) < 4.78 is 0. The van der Waals surface area contributed by atoms with Crippen molar-refractivity contribution in [2.45, 2.75) is 0 Å². The lowest BCUT2D eigenvalue weighted by Gasteiger charge is -1.78. The molecule has 1 N–H and O–H groups in total. The second kappa shape index (κ2) is 3.74. The Hall–Kier alpha value is -0.440. The smallest absolute Gasteiger partial charge is 0.325 e. The van der Waals surface area contributed by atoms with Gasteiger partial charge < -0.3 is 5.32 Å². The van der Waals surface area contributed by atoms with E-state index in [1.165, 1.54) is 11.4 Å². The topological polar surface area (TPSA) is 24.4 Å². The maximum Gasteiger partial charge on any atom is 0.390 e. The van der Waals surface area contributed by atoms with Gasteiger partial charge in [0, 0.05) is 14.1 Å². The van der Waals surface area contributed by atoms with Gasteiger partial charge in [-0.1, -0.05) is 0 Å². The summed E-state index contributed by atoms with van der Waals surface area (Å²) in [5.74, 6) is 3.55. The average molecular weight is 117 g/mol. The Morgan fingerprint density at radius 2 is 2.43 bits per heavy atom. The molecule has 0 aromatic carbocycles. The van der Waals surface area contributed by atoms with E-state index in [1.807, 2.05) is 7.05 Å². The molecule has 0 saturated heterocycles. The van der Waals surface area contributed by atoms with Gasteiger partial charge in [-0.15, -0.1) is 0 Å². The van der Waals surface area contributed by atoms with E-state index in [4.69, 9.17) is 0 Å². The number of hydrogen-bond acceptors (Lipinski definition) is 1. The van der Waals surface area contributed by atoms with Crippen LogP contribution in [-0.4, -0.2) is 25.1 Å². The molecule has 0 aromatic heterocycles. The van der Waals surface area contributed by atoms with Crippen molar-refractivity contribution in [1.82, 2.24) is 5.32 Å². The number of hydrogen-bond donors (Lipinski definition) is 1. The van der Waals surface area contributed by atoms with E-state index < -0.39 is 0 Å². The fourth-order valence-corrected chi connectivity index (χ4v) is 0.522. The number of rotatable bonds is 0. The van der Waals surface area contributed by atoms with Crippen LogP contribution in [0.5, 0.6) is 0 Å². The predicted molar refractivity (Wildman–Crippen MR) is 36.9 cm³/mol. The number of nitrogens with one attached hydrogen (secondary N) is 1. The molecule has 0 radical (unpaired) electrons. The molecule has 40 valence electrons. The van der Waals surface area contributed by atoms with Gasteiger partial charge in [0.05, 0.1) is 0 Å². The molecule has 0 heterocycles. The highest BCUT2D eigenvalue weighted by atomic mass is 32.1. The number of aliphatic imine (C=N–C) groups is 1. The molecule has 0 rings (SSSR count). The summed E-state index contributed by atoms with van der Waals surface area (Å²) >= 11 is 1.36. The van der Waals surface area contributed by atoms with E-state index in [0.717, 1.165) is 5.17 Å². The molecule has 0 aromatic rings. The molecule has 0 aliphatic carbocycles. The lowest BCUT2D eigenvalue weighted by molar-refractivity contribution is 1.18. The summed E-state index contributed by atoms with van der Waals surface area (Å²) in [5.41, 5.74) is 0. The second-order valence-corrected chi connectivity index (χ2v) is 1.60. The van der Waals surface area contributed by atoms with Crippen molar-refractivity contribution in [2.75, 3.05) is 14.1 Å². The maximum absolute atomic E-state index is 3.83. The van der Waals surface area contributed by atoms with E-state index in [2.05, 4.69) is 16.2 Å². The Bertz CT molecular complexity index is 87.7. The van der Waals surface area contributed by atoms with Gasteiger partial charge in [-0.25, -0.2) is 4.99 Å². The quantitative estimate of drug-likeness (QED) is 0.200. The van der Waals surface area contributed by atoms with E-state index in [1.54, 1.807) is 7.05 Å². The normalized spacial score (nSPS) is 10.9. The highest BCUT2D eigenvalue weighted by Gasteiger charge is 1.96. The third kappa shape index (κ3) is 2.28. The molecule has 0 aliphatic rings. The lowest BCUT2D eigenvalue weighted by atomic mass is 11.1. The Morgan fingerprint density at radius 3 is 2.43 bits per heavy atom. The minimum Gasteiger partial charge on any atom is -0.325 e. The molecule has 0 aliphatic heterocycles. The first kappa shape index (κ1) is 6.56. The number of nitrogens with zero attached hydrogens (tertiary/aromatic N) is 1. The molecule has 0 saturated carbocycles.